The molecule has 12 heteroatoms. The molecule has 0 aromatic carbocycles. The number of piperidine rings is 1. The SMILES string of the molecule is CCC[C@@H](CC)C(=O)N1CC2(CNC[C@H]2C(=O)N[C@H](C(=O)N2CCC(C(F)(F)F)CC2)[C@@H](C)OCC23CCC(CC2)OC3)C1. The third-order valence-corrected chi connectivity index (χ3v) is 11.3. The standard InChI is InChI=1S/C32H51F3N4O5/c1-4-6-22(5-2)28(41)39-17-31(18-39)16-36-15-25(31)27(40)37-26(29(42)38-13-9-23(10-14-38)32(33,34)35)21(3)43-19-30-11-7-24(8-12-30)44-20-30/h21-26,36H,4-20H2,1-3H3,(H,37,40)/t21-,22-,24?,25+,26+,30?/m1/s1. The van der Waals surface area contributed by atoms with Crippen molar-refractivity contribution in [3.8, 4) is 0 Å². The first-order chi connectivity index (χ1) is 20.9. The lowest BCUT2D eigenvalue weighted by atomic mass is 9.70. The van der Waals surface area contributed by atoms with Gasteiger partial charge in [-0.15, -0.1) is 0 Å². The Labute approximate surface area is 259 Å². The highest BCUT2D eigenvalue weighted by molar-refractivity contribution is 5.90. The maximum Gasteiger partial charge on any atom is 0.391 e. The van der Waals surface area contributed by atoms with Gasteiger partial charge in [0.05, 0.1) is 37.3 Å². The van der Waals surface area contributed by atoms with Crippen LogP contribution in [0.1, 0.15) is 78.6 Å². The summed E-state index contributed by atoms with van der Waals surface area (Å²) in [6, 6.07) is -1.02. The van der Waals surface area contributed by atoms with Crippen molar-refractivity contribution >= 4 is 17.7 Å². The Hall–Kier alpha value is -1.92. The summed E-state index contributed by atoms with van der Waals surface area (Å²) in [6.07, 6.45) is 1.57. The second kappa shape index (κ2) is 13.4. The van der Waals surface area contributed by atoms with Crippen molar-refractivity contribution in [1.29, 1.82) is 0 Å². The molecule has 6 aliphatic rings. The topological polar surface area (TPSA) is 100 Å². The molecule has 1 saturated carbocycles. The number of nitrogens with zero attached hydrogens (tertiary/aromatic N) is 2. The number of halogens is 3. The van der Waals surface area contributed by atoms with Crippen LogP contribution in [0.15, 0.2) is 0 Å². The van der Waals surface area contributed by atoms with Gasteiger partial charge in [-0.05, 0) is 58.3 Å². The number of rotatable bonds is 11. The smallest absolute Gasteiger partial charge is 0.378 e. The number of amides is 3. The van der Waals surface area contributed by atoms with Crippen LogP contribution in [0.4, 0.5) is 13.2 Å². The van der Waals surface area contributed by atoms with Crippen LogP contribution in [0.25, 0.3) is 0 Å². The van der Waals surface area contributed by atoms with Crippen LogP contribution in [0.2, 0.25) is 0 Å². The summed E-state index contributed by atoms with van der Waals surface area (Å²) in [4.78, 5) is 44.2. The number of nitrogens with one attached hydrogen (secondary N) is 2. The molecule has 4 atom stereocenters. The summed E-state index contributed by atoms with van der Waals surface area (Å²) >= 11 is 0. The summed E-state index contributed by atoms with van der Waals surface area (Å²) in [5, 5.41) is 6.32. The zero-order valence-electron chi connectivity index (χ0n) is 26.6. The van der Waals surface area contributed by atoms with Crippen molar-refractivity contribution in [1.82, 2.24) is 20.4 Å². The van der Waals surface area contributed by atoms with Crippen LogP contribution in [-0.2, 0) is 23.9 Å². The molecular weight excluding hydrogens is 577 g/mol. The van der Waals surface area contributed by atoms with Gasteiger partial charge in [-0.25, -0.2) is 0 Å². The molecule has 250 valence electrons. The fourth-order valence-electron chi connectivity index (χ4n) is 8.14. The first-order valence-electron chi connectivity index (χ1n) is 16.8. The highest BCUT2D eigenvalue weighted by Crippen LogP contribution is 2.44. The van der Waals surface area contributed by atoms with E-state index in [0.717, 1.165) is 44.9 Å². The Kier molecular flexibility index (Phi) is 10.2. The average Bonchev–Trinajstić information content (AvgIpc) is 3.46. The highest BCUT2D eigenvalue weighted by atomic mass is 19.4. The van der Waals surface area contributed by atoms with Crippen molar-refractivity contribution in [3.63, 3.8) is 0 Å². The Morgan fingerprint density at radius 3 is 2.30 bits per heavy atom. The van der Waals surface area contributed by atoms with E-state index in [4.69, 9.17) is 9.47 Å². The number of fused-ring (bicyclic) bond motifs is 3. The minimum atomic E-state index is -4.28. The molecule has 0 radical (unpaired) electrons. The molecule has 1 spiro atoms. The predicted molar refractivity (Wildman–Crippen MR) is 157 cm³/mol. The van der Waals surface area contributed by atoms with Gasteiger partial charge in [-0.2, -0.15) is 13.2 Å². The normalized spacial score (nSPS) is 30.6. The van der Waals surface area contributed by atoms with Gasteiger partial charge in [0, 0.05) is 56.0 Å². The van der Waals surface area contributed by atoms with E-state index in [1.807, 2.05) is 11.8 Å². The van der Waals surface area contributed by atoms with Crippen LogP contribution < -0.4 is 10.6 Å². The van der Waals surface area contributed by atoms with Gasteiger partial charge in [-0.1, -0.05) is 20.3 Å². The molecule has 5 heterocycles. The summed E-state index contributed by atoms with van der Waals surface area (Å²) in [5.74, 6) is -2.40. The molecule has 6 rings (SSSR count). The quantitative estimate of drug-likeness (QED) is 0.364. The molecule has 3 amide bonds. The molecule has 0 unspecified atom stereocenters. The number of hydrogen-bond acceptors (Lipinski definition) is 6. The largest absolute Gasteiger partial charge is 0.391 e. The second-order valence-electron chi connectivity index (χ2n) is 14.3. The zero-order chi connectivity index (χ0) is 31.7. The van der Waals surface area contributed by atoms with Gasteiger partial charge in [-0.3, -0.25) is 14.4 Å². The lowest BCUT2D eigenvalue weighted by Crippen LogP contribution is -2.66. The van der Waals surface area contributed by atoms with Gasteiger partial charge in [0.1, 0.15) is 6.04 Å². The van der Waals surface area contributed by atoms with Crippen LogP contribution in [0, 0.1) is 28.6 Å². The Bertz CT molecular complexity index is 1020. The second-order valence-corrected chi connectivity index (χ2v) is 14.3. The van der Waals surface area contributed by atoms with Gasteiger partial charge < -0.3 is 29.9 Å². The number of carbonyl (C=O) groups excluding carboxylic acids is 3. The van der Waals surface area contributed by atoms with E-state index in [2.05, 4.69) is 17.6 Å². The summed E-state index contributed by atoms with van der Waals surface area (Å²) in [6.45, 7) is 8.90. The van der Waals surface area contributed by atoms with Crippen molar-refractivity contribution in [3.05, 3.63) is 0 Å². The summed E-state index contributed by atoms with van der Waals surface area (Å²) < 4.78 is 52.2. The molecular formula is C32H51F3N4O5. The zero-order valence-corrected chi connectivity index (χ0v) is 26.6. The van der Waals surface area contributed by atoms with Crippen molar-refractivity contribution < 1.29 is 37.0 Å². The fraction of sp³-hybridized carbons (Fsp3) is 0.906. The van der Waals surface area contributed by atoms with Crippen LogP contribution in [-0.4, -0.2) is 104 Å². The van der Waals surface area contributed by atoms with E-state index < -0.39 is 41.5 Å². The molecule has 2 bridgehead atoms. The monoisotopic (exact) mass is 628 g/mol. The minimum Gasteiger partial charge on any atom is -0.378 e. The lowest BCUT2D eigenvalue weighted by molar-refractivity contribution is -0.187. The highest BCUT2D eigenvalue weighted by Gasteiger charge is 2.56. The first-order valence-corrected chi connectivity index (χ1v) is 16.8. The molecule has 5 aliphatic heterocycles. The molecule has 9 nitrogen and oxygen atoms in total. The number of alkyl halides is 3. The van der Waals surface area contributed by atoms with Gasteiger partial charge in [0.15, 0.2) is 0 Å². The molecule has 5 saturated heterocycles. The molecule has 0 aromatic rings. The van der Waals surface area contributed by atoms with Crippen LogP contribution in [0.3, 0.4) is 0 Å². The van der Waals surface area contributed by atoms with Crippen molar-refractivity contribution in [2.75, 3.05) is 52.5 Å². The molecule has 0 aromatic heterocycles. The van der Waals surface area contributed by atoms with E-state index in [9.17, 15) is 27.6 Å². The Morgan fingerprint density at radius 2 is 1.73 bits per heavy atom. The van der Waals surface area contributed by atoms with E-state index in [1.54, 1.807) is 6.92 Å². The van der Waals surface area contributed by atoms with Gasteiger partial charge in [0.25, 0.3) is 0 Å². The fourth-order valence-corrected chi connectivity index (χ4v) is 8.14. The molecule has 2 N–H and O–H groups in total. The van der Waals surface area contributed by atoms with Crippen molar-refractivity contribution in [2.24, 2.45) is 28.6 Å². The van der Waals surface area contributed by atoms with Gasteiger partial charge >= 0.3 is 6.18 Å². The third kappa shape index (κ3) is 6.92. The average molecular weight is 629 g/mol. The van der Waals surface area contributed by atoms with Crippen LogP contribution in [0.5, 0.6) is 0 Å². The number of likely N-dealkylation sites (tertiary alicyclic amines) is 2. The number of carbonyl (C=O) groups is 3. The Balaban J connectivity index is 1.25. The van der Waals surface area contributed by atoms with Crippen molar-refractivity contribution in [2.45, 2.75) is 103 Å². The van der Waals surface area contributed by atoms with Crippen LogP contribution >= 0.6 is 0 Å². The lowest BCUT2D eigenvalue weighted by Gasteiger charge is -2.51. The summed E-state index contributed by atoms with van der Waals surface area (Å²) in [7, 11) is 0. The van der Waals surface area contributed by atoms with Gasteiger partial charge in [0.2, 0.25) is 17.7 Å². The first kappa shape index (κ1) is 33.4. The number of hydrogen-bond donors (Lipinski definition) is 2. The Morgan fingerprint density at radius 1 is 1.05 bits per heavy atom. The maximum atomic E-state index is 13.9. The maximum absolute atomic E-state index is 13.9. The van der Waals surface area contributed by atoms with E-state index >= 15 is 0 Å². The van der Waals surface area contributed by atoms with E-state index in [0.29, 0.717) is 45.5 Å². The molecule has 1 aliphatic carbocycles. The van der Waals surface area contributed by atoms with E-state index in [1.165, 1.54) is 4.90 Å². The minimum absolute atomic E-state index is 0.00967. The van der Waals surface area contributed by atoms with E-state index in [-0.39, 0.29) is 49.1 Å². The molecule has 44 heavy (non-hydrogen) atoms. The predicted octanol–water partition coefficient (Wildman–Crippen LogP) is 3.51. The third-order valence-electron chi connectivity index (χ3n) is 11.3. The summed E-state index contributed by atoms with van der Waals surface area (Å²) in [5.41, 5.74) is -0.509. The number of ether oxygens (including phenoxy) is 2. The molecule has 6 fully saturated rings.